The minimum absolute atomic E-state index is 0.151. The molecule has 2 amide bonds. The fourth-order valence-electron chi connectivity index (χ4n) is 3.20. The van der Waals surface area contributed by atoms with Gasteiger partial charge in [-0.05, 0) is 30.2 Å². The Kier molecular flexibility index (Phi) is 6.39. The number of nitrogens with zero attached hydrogens (tertiary/aromatic N) is 1. The lowest BCUT2D eigenvalue weighted by atomic mass is 10.2. The second kappa shape index (κ2) is 9.14. The largest absolute Gasteiger partial charge is 0.493 e. The summed E-state index contributed by atoms with van der Waals surface area (Å²) in [6.07, 6.45) is 4.65. The van der Waals surface area contributed by atoms with E-state index in [1.54, 1.807) is 23.1 Å². The first-order valence-corrected chi connectivity index (χ1v) is 9.25. The molecule has 0 unspecified atom stereocenters. The van der Waals surface area contributed by atoms with Crippen LogP contribution in [-0.4, -0.2) is 39.7 Å². The monoisotopic (exact) mass is 396 g/mol. The van der Waals surface area contributed by atoms with Gasteiger partial charge in [-0.2, -0.15) is 0 Å². The Labute approximate surface area is 169 Å². The molecule has 1 heterocycles. The van der Waals surface area contributed by atoms with Gasteiger partial charge in [0.15, 0.2) is 11.5 Å². The van der Waals surface area contributed by atoms with E-state index in [0.29, 0.717) is 29.4 Å². The van der Waals surface area contributed by atoms with Gasteiger partial charge in [0.2, 0.25) is 17.6 Å². The van der Waals surface area contributed by atoms with Crippen molar-refractivity contribution < 1.29 is 23.8 Å². The Morgan fingerprint density at radius 1 is 1.03 bits per heavy atom. The van der Waals surface area contributed by atoms with Crippen LogP contribution in [-0.2, 0) is 9.59 Å². The maximum Gasteiger partial charge on any atom is 0.248 e. The number of ether oxygens (including phenoxy) is 3. The minimum atomic E-state index is -0.293. The third-order valence-electron chi connectivity index (χ3n) is 4.64. The number of anilines is 2. The Morgan fingerprint density at radius 2 is 1.69 bits per heavy atom. The van der Waals surface area contributed by atoms with Crippen LogP contribution in [0.15, 0.2) is 42.5 Å². The van der Waals surface area contributed by atoms with Gasteiger partial charge in [0.05, 0.1) is 21.3 Å². The molecule has 152 valence electrons. The molecule has 0 atom stereocenters. The molecule has 0 bridgehead atoms. The van der Waals surface area contributed by atoms with E-state index in [2.05, 4.69) is 5.32 Å². The van der Waals surface area contributed by atoms with E-state index in [9.17, 15) is 9.59 Å². The van der Waals surface area contributed by atoms with E-state index >= 15 is 0 Å². The van der Waals surface area contributed by atoms with Crippen molar-refractivity contribution in [2.24, 2.45) is 0 Å². The predicted octanol–water partition coefficient (Wildman–Crippen LogP) is 3.49. The van der Waals surface area contributed by atoms with E-state index in [0.717, 1.165) is 24.2 Å². The van der Waals surface area contributed by atoms with Crippen molar-refractivity contribution in [3.05, 3.63) is 48.0 Å². The first-order valence-electron chi connectivity index (χ1n) is 9.25. The summed E-state index contributed by atoms with van der Waals surface area (Å²) in [5, 5.41) is 2.78. The molecule has 1 aliphatic rings. The average Bonchev–Trinajstić information content (AvgIpc) is 3.17. The van der Waals surface area contributed by atoms with Crippen LogP contribution in [0.4, 0.5) is 11.4 Å². The minimum Gasteiger partial charge on any atom is -0.493 e. The molecule has 29 heavy (non-hydrogen) atoms. The molecule has 0 spiro atoms. The molecule has 0 radical (unpaired) electrons. The normalized spacial score (nSPS) is 13.6. The van der Waals surface area contributed by atoms with Gasteiger partial charge >= 0.3 is 0 Å². The van der Waals surface area contributed by atoms with Crippen LogP contribution in [0.25, 0.3) is 6.08 Å². The molecule has 2 aromatic rings. The second-order valence-electron chi connectivity index (χ2n) is 6.48. The van der Waals surface area contributed by atoms with Gasteiger partial charge in [-0.3, -0.25) is 9.59 Å². The molecule has 2 aromatic carbocycles. The summed E-state index contributed by atoms with van der Waals surface area (Å²) in [5.41, 5.74) is 2.27. The van der Waals surface area contributed by atoms with Gasteiger partial charge in [-0.15, -0.1) is 0 Å². The number of methoxy groups -OCH3 is 3. The molecule has 7 heteroatoms. The number of hydrogen-bond acceptors (Lipinski definition) is 5. The summed E-state index contributed by atoms with van der Waals surface area (Å²) in [4.78, 5) is 25.9. The van der Waals surface area contributed by atoms with Gasteiger partial charge in [0.1, 0.15) is 0 Å². The molecular formula is C22H24N2O5. The van der Waals surface area contributed by atoms with Crippen LogP contribution in [0.5, 0.6) is 17.2 Å². The van der Waals surface area contributed by atoms with E-state index in [-0.39, 0.29) is 11.8 Å². The summed E-state index contributed by atoms with van der Waals surface area (Å²) < 4.78 is 15.9. The van der Waals surface area contributed by atoms with Crippen molar-refractivity contribution in [2.75, 3.05) is 38.1 Å². The van der Waals surface area contributed by atoms with E-state index in [1.165, 1.54) is 27.4 Å². The van der Waals surface area contributed by atoms with Crippen molar-refractivity contribution in [1.82, 2.24) is 0 Å². The van der Waals surface area contributed by atoms with Crippen LogP contribution in [0, 0.1) is 0 Å². The second-order valence-corrected chi connectivity index (χ2v) is 6.48. The van der Waals surface area contributed by atoms with Crippen molar-refractivity contribution in [1.29, 1.82) is 0 Å². The van der Waals surface area contributed by atoms with Crippen molar-refractivity contribution in [3.63, 3.8) is 0 Å². The maximum absolute atomic E-state index is 12.3. The van der Waals surface area contributed by atoms with Gasteiger partial charge < -0.3 is 24.4 Å². The van der Waals surface area contributed by atoms with Crippen LogP contribution in [0.3, 0.4) is 0 Å². The summed E-state index contributed by atoms with van der Waals surface area (Å²) in [5.74, 6) is 1.23. The van der Waals surface area contributed by atoms with E-state index < -0.39 is 0 Å². The van der Waals surface area contributed by atoms with Gasteiger partial charge in [-0.1, -0.05) is 12.1 Å². The number of hydrogen-bond donors (Lipinski definition) is 1. The molecule has 1 N–H and O–H groups in total. The Bertz CT molecular complexity index is 896. The highest BCUT2D eigenvalue weighted by atomic mass is 16.5. The summed E-state index contributed by atoms with van der Waals surface area (Å²) in [6, 6.07) is 10.9. The maximum atomic E-state index is 12.3. The molecule has 1 aliphatic heterocycles. The van der Waals surface area contributed by atoms with Crippen molar-refractivity contribution in [2.45, 2.75) is 12.8 Å². The Balaban J connectivity index is 1.67. The van der Waals surface area contributed by atoms with Crippen molar-refractivity contribution >= 4 is 29.3 Å². The molecule has 1 saturated heterocycles. The molecule has 0 aliphatic carbocycles. The van der Waals surface area contributed by atoms with Gasteiger partial charge in [0.25, 0.3) is 0 Å². The predicted molar refractivity (Wildman–Crippen MR) is 112 cm³/mol. The number of nitrogens with one attached hydrogen (secondary N) is 1. The molecule has 7 nitrogen and oxygen atoms in total. The summed E-state index contributed by atoms with van der Waals surface area (Å²) in [7, 11) is 4.55. The number of rotatable bonds is 7. The molecular weight excluding hydrogens is 372 g/mol. The third-order valence-corrected chi connectivity index (χ3v) is 4.64. The zero-order valence-corrected chi connectivity index (χ0v) is 16.7. The quantitative estimate of drug-likeness (QED) is 0.725. The topological polar surface area (TPSA) is 77.1 Å². The lowest BCUT2D eigenvalue weighted by Gasteiger charge is -2.15. The lowest BCUT2D eigenvalue weighted by molar-refractivity contribution is -0.117. The van der Waals surface area contributed by atoms with Crippen LogP contribution < -0.4 is 24.4 Å². The number of carbonyl (C=O) groups excluding carboxylic acids is 2. The number of amides is 2. The van der Waals surface area contributed by atoms with Crippen LogP contribution in [0.1, 0.15) is 18.4 Å². The third kappa shape index (κ3) is 4.68. The SMILES string of the molecule is COc1cc(NC(=O)C=Cc2ccc(N3CCCC3=O)cc2)cc(OC)c1OC. The fraction of sp³-hybridized carbons (Fsp3) is 0.273. The highest BCUT2D eigenvalue weighted by Gasteiger charge is 2.21. The first kappa shape index (κ1) is 20.3. The molecule has 0 aromatic heterocycles. The van der Waals surface area contributed by atoms with Gasteiger partial charge in [0, 0.05) is 42.5 Å². The lowest BCUT2D eigenvalue weighted by Crippen LogP contribution is -2.23. The Hall–Kier alpha value is -3.48. The van der Waals surface area contributed by atoms with Crippen LogP contribution in [0.2, 0.25) is 0 Å². The first-order chi connectivity index (χ1) is 14.0. The molecule has 0 saturated carbocycles. The summed E-state index contributed by atoms with van der Waals surface area (Å²) in [6.45, 7) is 0.755. The zero-order valence-electron chi connectivity index (χ0n) is 16.7. The van der Waals surface area contributed by atoms with E-state index in [4.69, 9.17) is 14.2 Å². The average molecular weight is 396 g/mol. The highest BCUT2D eigenvalue weighted by Crippen LogP contribution is 2.39. The molecule has 3 rings (SSSR count). The number of carbonyl (C=O) groups is 2. The standard InChI is InChI=1S/C22H24N2O5/c1-27-18-13-16(14-19(28-2)22(18)29-3)23-20(25)11-8-15-6-9-17(10-7-15)24-12-4-5-21(24)26/h6-11,13-14H,4-5,12H2,1-3H3,(H,23,25). The van der Waals surface area contributed by atoms with E-state index in [1.807, 2.05) is 24.3 Å². The van der Waals surface area contributed by atoms with Crippen molar-refractivity contribution in [3.8, 4) is 17.2 Å². The van der Waals surface area contributed by atoms with Gasteiger partial charge in [-0.25, -0.2) is 0 Å². The molecule has 1 fully saturated rings. The summed E-state index contributed by atoms with van der Waals surface area (Å²) >= 11 is 0. The number of benzene rings is 2. The zero-order chi connectivity index (χ0) is 20.8. The fourth-order valence-corrected chi connectivity index (χ4v) is 3.20. The Morgan fingerprint density at radius 3 is 2.21 bits per heavy atom. The smallest absolute Gasteiger partial charge is 0.248 e. The highest BCUT2D eigenvalue weighted by molar-refractivity contribution is 6.02. The van der Waals surface area contributed by atoms with Crippen LogP contribution >= 0.6 is 0 Å².